The van der Waals surface area contributed by atoms with E-state index in [0.717, 1.165) is 44.1 Å². The molecule has 1 fully saturated rings. The molecule has 1 saturated heterocycles. The summed E-state index contributed by atoms with van der Waals surface area (Å²) >= 11 is 0. The number of hydrogen-bond acceptors (Lipinski definition) is 4. The molecule has 0 bridgehead atoms. The van der Waals surface area contributed by atoms with Gasteiger partial charge < -0.3 is 10.2 Å². The summed E-state index contributed by atoms with van der Waals surface area (Å²) in [6.07, 6.45) is 0.581. The number of hydrogen-bond donors (Lipinski definition) is 1. The van der Waals surface area contributed by atoms with Gasteiger partial charge in [0.15, 0.2) is 0 Å². The van der Waals surface area contributed by atoms with Gasteiger partial charge >= 0.3 is 0 Å². The third-order valence-electron chi connectivity index (χ3n) is 3.13. The van der Waals surface area contributed by atoms with Crippen molar-refractivity contribution in [3.05, 3.63) is 29.6 Å². The van der Waals surface area contributed by atoms with Gasteiger partial charge in [0.25, 0.3) is 0 Å². The smallest absolute Gasteiger partial charge is 0.221 e. The zero-order valence-corrected chi connectivity index (χ0v) is 11.7. The fourth-order valence-electron chi connectivity index (χ4n) is 2.23. The second kappa shape index (κ2) is 6.63. The standard InChI is InChI=1S/C14H22N4O/c1-17(2)10-12-4-3-5-13(16-12)11-18-8-6-14(19)15-7-9-18/h3-5H,6-11H2,1-2H3,(H,15,19). The maximum atomic E-state index is 11.3. The highest BCUT2D eigenvalue weighted by Gasteiger charge is 2.14. The molecule has 0 aromatic carbocycles. The lowest BCUT2D eigenvalue weighted by atomic mass is 10.2. The summed E-state index contributed by atoms with van der Waals surface area (Å²) in [5.74, 6) is 0.150. The maximum absolute atomic E-state index is 11.3. The number of carbonyl (C=O) groups is 1. The minimum atomic E-state index is 0.150. The van der Waals surface area contributed by atoms with Gasteiger partial charge in [0, 0.05) is 39.1 Å². The fourth-order valence-corrected chi connectivity index (χ4v) is 2.23. The van der Waals surface area contributed by atoms with Gasteiger partial charge in [-0.05, 0) is 26.2 Å². The van der Waals surface area contributed by atoms with Gasteiger partial charge in [-0.2, -0.15) is 0 Å². The first-order chi connectivity index (χ1) is 9.13. The van der Waals surface area contributed by atoms with E-state index in [-0.39, 0.29) is 5.91 Å². The summed E-state index contributed by atoms with van der Waals surface area (Å²) in [6.45, 7) is 4.11. The van der Waals surface area contributed by atoms with Crippen molar-refractivity contribution in [2.45, 2.75) is 19.5 Å². The van der Waals surface area contributed by atoms with Crippen molar-refractivity contribution in [1.29, 1.82) is 0 Å². The summed E-state index contributed by atoms with van der Waals surface area (Å²) in [5.41, 5.74) is 2.17. The van der Waals surface area contributed by atoms with Crippen molar-refractivity contribution >= 4 is 5.91 Å². The maximum Gasteiger partial charge on any atom is 0.221 e. The van der Waals surface area contributed by atoms with Crippen LogP contribution in [0.25, 0.3) is 0 Å². The highest BCUT2D eigenvalue weighted by molar-refractivity contribution is 5.76. The first kappa shape index (κ1) is 14.0. The van der Waals surface area contributed by atoms with Gasteiger partial charge in [-0.3, -0.25) is 14.7 Å². The van der Waals surface area contributed by atoms with E-state index in [2.05, 4.69) is 38.3 Å². The molecule has 0 spiro atoms. The van der Waals surface area contributed by atoms with Gasteiger partial charge in [0.1, 0.15) is 0 Å². The van der Waals surface area contributed by atoms with Crippen LogP contribution in [0.3, 0.4) is 0 Å². The predicted molar refractivity (Wildman–Crippen MR) is 74.5 cm³/mol. The number of aromatic nitrogens is 1. The van der Waals surface area contributed by atoms with Crippen LogP contribution in [-0.2, 0) is 17.9 Å². The van der Waals surface area contributed by atoms with Crippen molar-refractivity contribution in [3.8, 4) is 0 Å². The Morgan fingerprint density at radius 3 is 2.89 bits per heavy atom. The largest absolute Gasteiger partial charge is 0.355 e. The van der Waals surface area contributed by atoms with E-state index in [0.29, 0.717) is 6.42 Å². The summed E-state index contributed by atoms with van der Waals surface area (Å²) < 4.78 is 0. The minimum Gasteiger partial charge on any atom is -0.355 e. The van der Waals surface area contributed by atoms with Crippen molar-refractivity contribution in [2.24, 2.45) is 0 Å². The van der Waals surface area contributed by atoms with Crippen LogP contribution < -0.4 is 5.32 Å². The highest BCUT2D eigenvalue weighted by Crippen LogP contribution is 2.07. The SMILES string of the molecule is CN(C)Cc1cccc(CN2CCNC(=O)CC2)n1. The van der Waals surface area contributed by atoms with Crippen molar-refractivity contribution in [3.63, 3.8) is 0 Å². The summed E-state index contributed by atoms with van der Waals surface area (Å²) in [6, 6.07) is 6.17. The average Bonchev–Trinajstić information content (AvgIpc) is 2.54. The van der Waals surface area contributed by atoms with Crippen LogP contribution in [0.1, 0.15) is 17.8 Å². The molecule has 1 aromatic heterocycles. The molecule has 0 atom stereocenters. The van der Waals surface area contributed by atoms with Gasteiger partial charge in [0.2, 0.25) is 5.91 Å². The van der Waals surface area contributed by atoms with Crippen LogP contribution in [-0.4, -0.2) is 54.4 Å². The number of rotatable bonds is 4. The number of carbonyl (C=O) groups excluding carboxylic acids is 1. The molecule has 1 aliphatic rings. The van der Waals surface area contributed by atoms with Crippen molar-refractivity contribution in [2.75, 3.05) is 33.7 Å². The number of nitrogens with one attached hydrogen (secondary N) is 1. The second-order valence-corrected chi connectivity index (χ2v) is 5.23. The molecule has 5 heteroatoms. The average molecular weight is 262 g/mol. The van der Waals surface area contributed by atoms with Crippen LogP contribution >= 0.6 is 0 Å². The molecular formula is C14H22N4O. The normalized spacial score (nSPS) is 17.3. The summed E-state index contributed by atoms with van der Waals surface area (Å²) in [5, 5.41) is 2.89. The van der Waals surface area contributed by atoms with E-state index in [1.807, 2.05) is 14.1 Å². The molecule has 19 heavy (non-hydrogen) atoms. The van der Waals surface area contributed by atoms with E-state index in [1.54, 1.807) is 0 Å². The number of pyridine rings is 1. The Balaban J connectivity index is 1.96. The molecular weight excluding hydrogens is 240 g/mol. The second-order valence-electron chi connectivity index (χ2n) is 5.23. The van der Waals surface area contributed by atoms with Crippen LogP contribution in [0.2, 0.25) is 0 Å². The molecule has 0 radical (unpaired) electrons. The van der Waals surface area contributed by atoms with E-state index >= 15 is 0 Å². The zero-order valence-electron chi connectivity index (χ0n) is 11.7. The molecule has 5 nitrogen and oxygen atoms in total. The van der Waals surface area contributed by atoms with E-state index in [4.69, 9.17) is 0 Å². The lowest BCUT2D eigenvalue weighted by molar-refractivity contribution is -0.120. The Bertz CT molecular complexity index is 433. The van der Waals surface area contributed by atoms with Gasteiger partial charge in [0.05, 0.1) is 11.4 Å². The van der Waals surface area contributed by atoms with Crippen molar-refractivity contribution < 1.29 is 4.79 Å². The van der Waals surface area contributed by atoms with Crippen LogP contribution in [0, 0.1) is 0 Å². The molecule has 0 saturated carbocycles. The van der Waals surface area contributed by atoms with Crippen LogP contribution in [0.5, 0.6) is 0 Å². The van der Waals surface area contributed by atoms with Crippen LogP contribution in [0.15, 0.2) is 18.2 Å². The van der Waals surface area contributed by atoms with Crippen molar-refractivity contribution in [1.82, 2.24) is 20.1 Å². The zero-order chi connectivity index (χ0) is 13.7. The fraction of sp³-hybridized carbons (Fsp3) is 0.571. The van der Waals surface area contributed by atoms with Gasteiger partial charge in [-0.25, -0.2) is 0 Å². The lowest BCUT2D eigenvalue weighted by Crippen LogP contribution is -2.28. The highest BCUT2D eigenvalue weighted by atomic mass is 16.1. The monoisotopic (exact) mass is 262 g/mol. The Hall–Kier alpha value is -1.46. The molecule has 104 valence electrons. The van der Waals surface area contributed by atoms with Gasteiger partial charge in [-0.15, -0.1) is 0 Å². The predicted octanol–water partition coefficient (Wildman–Crippen LogP) is 0.465. The van der Waals surface area contributed by atoms with E-state index < -0.39 is 0 Å². The van der Waals surface area contributed by atoms with E-state index in [9.17, 15) is 4.79 Å². The third kappa shape index (κ3) is 4.61. The minimum absolute atomic E-state index is 0.150. The number of nitrogens with zero attached hydrogens (tertiary/aromatic N) is 3. The Morgan fingerprint density at radius 1 is 1.32 bits per heavy atom. The first-order valence-electron chi connectivity index (χ1n) is 6.72. The molecule has 1 aliphatic heterocycles. The first-order valence-corrected chi connectivity index (χ1v) is 6.72. The Morgan fingerprint density at radius 2 is 2.11 bits per heavy atom. The Labute approximate surface area is 114 Å². The number of amides is 1. The molecule has 1 amide bonds. The summed E-state index contributed by atoms with van der Waals surface area (Å²) in [4.78, 5) is 20.4. The lowest BCUT2D eigenvalue weighted by Gasteiger charge is -2.19. The van der Waals surface area contributed by atoms with E-state index in [1.165, 1.54) is 0 Å². The molecule has 1 aromatic rings. The summed E-state index contributed by atoms with van der Waals surface area (Å²) in [7, 11) is 4.08. The molecule has 0 unspecified atom stereocenters. The van der Waals surface area contributed by atoms with Gasteiger partial charge in [-0.1, -0.05) is 6.07 Å². The topological polar surface area (TPSA) is 48.5 Å². The molecule has 0 aliphatic carbocycles. The quantitative estimate of drug-likeness (QED) is 0.857. The third-order valence-corrected chi connectivity index (χ3v) is 3.13. The molecule has 1 N–H and O–H groups in total. The Kier molecular flexibility index (Phi) is 4.87. The van der Waals surface area contributed by atoms with Crippen LogP contribution in [0.4, 0.5) is 0 Å². The molecule has 2 heterocycles. The molecule has 2 rings (SSSR count).